The van der Waals surface area contributed by atoms with E-state index < -0.39 is 0 Å². The molecule has 0 radical (unpaired) electrons. The highest BCUT2D eigenvalue weighted by molar-refractivity contribution is 5.56. The molecule has 14 heavy (non-hydrogen) atoms. The highest BCUT2D eigenvalue weighted by Gasteiger charge is 2.19. The zero-order valence-corrected chi connectivity index (χ0v) is 8.76. The zero-order chi connectivity index (χ0) is 10.1. The molecule has 0 aliphatic carbocycles. The van der Waals surface area contributed by atoms with Crippen molar-refractivity contribution in [1.29, 1.82) is 0 Å². The van der Waals surface area contributed by atoms with Crippen LogP contribution in [0.15, 0.2) is 18.2 Å². The lowest BCUT2D eigenvalue weighted by Gasteiger charge is -2.35. The summed E-state index contributed by atoms with van der Waals surface area (Å²) in [5, 5.41) is 0. The molecular weight excluding hydrogens is 177 g/mol. The third-order valence-electron chi connectivity index (χ3n) is 2.81. The lowest BCUT2D eigenvalue weighted by atomic mass is 9.98. The molecule has 0 bridgehead atoms. The van der Waals surface area contributed by atoms with Crippen molar-refractivity contribution in [2.75, 3.05) is 18.0 Å². The maximum absolute atomic E-state index is 13.1. The predicted octanol–water partition coefficient (Wildman–Crippen LogP) is 3.16. The number of rotatable bonds is 2. The molecule has 0 atom stereocenters. The average molecular weight is 193 g/mol. The van der Waals surface area contributed by atoms with Crippen molar-refractivity contribution in [1.82, 2.24) is 0 Å². The van der Waals surface area contributed by atoms with Crippen molar-refractivity contribution in [2.24, 2.45) is 0 Å². The van der Waals surface area contributed by atoms with Gasteiger partial charge in [0.1, 0.15) is 5.82 Å². The second kappa shape index (κ2) is 3.60. The largest absolute Gasteiger partial charge is 0.371 e. The minimum Gasteiger partial charge on any atom is -0.371 e. The van der Waals surface area contributed by atoms with Crippen molar-refractivity contribution in [2.45, 2.75) is 26.2 Å². The molecule has 1 aliphatic rings. The maximum atomic E-state index is 13.1. The van der Waals surface area contributed by atoms with Crippen LogP contribution in [0.2, 0.25) is 0 Å². The first-order valence-corrected chi connectivity index (χ1v) is 5.23. The second-order valence-corrected chi connectivity index (χ2v) is 4.20. The molecule has 1 saturated heterocycles. The van der Waals surface area contributed by atoms with Gasteiger partial charge in [-0.3, -0.25) is 0 Å². The van der Waals surface area contributed by atoms with Gasteiger partial charge in [0, 0.05) is 18.8 Å². The van der Waals surface area contributed by atoms with Crippen LogP contribution in [0, 0.1) is 5.82 Å². The molecule has 0 amide bonds. The lowest BCUT2D eigenvalue weighted by Crippen LogP contribution is -2.37. The van der Waals surface area contributed by atoms with Crippen molar-refractivity contribution >= 4 is 5.69 Å². The van der Waals surface area contributed by atoms with Gasteiger partial charge in [0.25, 0.3) is 0 Å². The number of benzene rings is 1. The van der Waals surface area contributed by atoms with Gasteiger partial charge in [-0.15, -0.1) is 0 Å². The van der Waals surface area contributed by atoms with Crippen LogP contribution in [0.1, 0.15) is 31.7 Å². The Labute approximate surface area is 84.5 Å². The van der Waals surface area contributed by atoms with Gasteiger partial charge in [-0.2, -0.15) is 0 Å². The van der Waals surface area contributed by atoms with Crippen molar-refractivity contribution in [3.8, 4) is 0 Å². The van der Waals surface area contributed by atoms with Crippen LogP contribution in [0.4, 0.5) is 10.1 Å². The van der Waals surface area contributed by atoms with E-state index in [0.29, 0.717) is 5.92 Å². The van der Waals surface area contributed by atoms with Gasteiger partial charge < -0.3 is 4.90 Å². The van der Waals surface area contributed by atoms with Gasteiger partial charge in [0.2, 0.25) is 0 Å². The summed E-state index contributed by atoms with van der Waals surface area (Å²) in [6, 6.07) is 5.13. The monoisotopic (exact) mass is 193 g/mol. The van der Waals surface area contributed by atoms with Crippen LogP contribution >= 0.6 is 0 Å². The van der Waals surface area contributed by atoms with Crippen molar-refractivity contribution < 1.29 is 4.39 Å². The van der Waals surface area contributed by atoms with Gasteiger partial charge in [0.05, 0.1) is 0 Å². The molecule has 1 fully saturated rings. The molecule has 1 heterocycles. The van der Waals surface area contributed by atoms with Gasteiger partial charge >= 0.3 is 0 Å². The molecule has 1 aromatic rings. The summed E-state index contributed by atoms with van der Waals surface area (Å²) in [7, 11) is 0. The zero-order valence-electron chi connectivity index (χ0n) is 8.76. The maximum Gasteiger partial charge on any atom is 0.125 e. The molecule has 1 aliphatic heterocycles. The van der Waals surface area contributed by atoms with Gasteiger partial charge in [-0.1, -0.05) is 19.9 Å². The van der Waals surface area contributed by atoms with Crippen LogP contribution in [0.25, 0.3) is 0 Å². The Kier molecular flexibility index (Phi) is 2.44. The summed E-state index contributed by atoms with van der Waals surface area (Å²) < 4.78 is 13.1. The summed E-state index contributed by atoms with van der Waals surface area (Å²) in [6.45, 7) is 6.44. The van der Waals surface area contributed by atoms with E-state index in [1.54, 1.807) is 12.1 Å². The second-order valence-electron chi connectivity index (χ2n) is 4.20. The van der Waals surface area contributed by atoms with Crippen LogP contribution < -0.4 is 4.90 Å². The smallest absolute Gasteiger partial charge is 0.125 e. The number of anilines is 1. The normalized spacial score (nSPS) is 15.9. The third-order valence-corrected chi connectivity index (χ3v) is 2.81. The van der Waals surface area contributed by atoms with Gasteiger partial charge in [-0.25, -0.2) is 4.39 Å². The third kappa shape index (κ3) is 1.61. The molecule has 2 heteroatoms. The predicted molar refractivity (Wildman–Crippen MR) is 57.3 cm³/mol. The van der Waals surface area contributed by atoms with E-state index in [1.165, 1.54) is 12.0 Å². The van der Waals surface area contributed by atoms with Crippen LogP contribution in [0.3, 0.4) is 0 Å². The SMILES string of the molecule is CC(C)c1ccc(F)cc1N1CCC1. The van der Waals surface area contributed by atoms with E-state index in [2.05, 4.69) is 18.7 Å². The highest BCUT2D eigenvalue weighted by Crippen LogP contribution is 2.30. The molecule has 0 spiro atoms. The summed E-state index contributed by atoms with van der Waals surface area (Å²) >= 11 is 0. The summed E-state index contributed by atoms with van der Waals surface area (Å²) in [5.41, 5.74) is 2.34. The first kappa shape index (κ1) is 9.50. The molecule has 2 rings (SSSR count). The minimum absolute atomic E-state index is 0.128. The molecule has 0 N–H and O–H groups in total. The Hall–Kier alpha value is -1.05. The van der Waals surface area contributed by atoms with Crippen LogP contribution in [-0.2, 0) is 0 Å². The summed E-state index contributed by atoms with van der Waals surface area (Å²) in [5.74, 6) is 0.336. The first-order valence-electron chi connectivity index (χ1n) is 5.23. The van der Waals surface area contributed by atoms with E-state index in [9.17, 15) is 4.39 Å². The van der Waals surface area contributed by atoms with Gasteiger partial charge in [0.15, 0.2) is 0 Å². The summed E-state index contributed by atoms with van der Waals surface area (Å²) in [4.78, 5) is 2.25. The average Bonchev–Trinajstić information content (AvgIpc) is 2.00. The Morgan fingerprint density at radius 2 is 2.00 bits per heavy atom. The number of hydrogen-bond acceptors (Lipinski definition) is 1. The molecule has 1 nitrogen and oxygen atoms in total. The Bertz CT molecular complexity index is 329. The van der Waals surface area contributed by atoms with Crippen LogP contribution in [0.5, 0.6) is 0 Å². The standard InChI is InChI=1S/C12H16FN/c1-9(2)11-5-4-10(13)8-12(11)14-6-3-7-14/h4-5,8-9H,3,6-7H2,1-2H3. The van der Waals surface area contributed by atoms with E-state index in [1.807, 2.05) is 6.07 Å². The van der Waals surface area contributed by atoms with Gasteiger partial charge in [-0.05, 0) is 30.0 Å². The fraction of sp³-hybridized carbons (Fsp3) is 0.500. The first-order chi connectivity index (χ1) is 6.68. The topological polar surface area (TPSA) is 3.24 Å². The Morgan fingerprint density at radius 3 is 2.50 bits per heavy atom. The fourth-order valence-corrected chi connectivity index (χ4v) is 1.84. The number of halogens is 1. The fourth-order valence-electron chi connectivity index (χ4n) is 1.84. The molecule has 1 aromatic carbocycles. The highest BCUT2D eigenvalue weighted by atomic mass is 19.1. The number of nitrogens with zero attached hydrogens (tertiary/aromatic N) is 1. The minimum atomic E-state index is -0.128. The molecule has 0 saturated carbocycles. The molecule has 0 unspecified atom stereocenters. The summed E-state index contributed by atoms with van der Waals surface area (Å²) in [6.07, 6.45) is 1.23. The lowest BCUT2D eigenvalue weighted by molar-refractivity contribution is 0.597. The Morgan fingerprint density at radius 1 is 1.29 bits per heavy atom. The van der Waals surface area contributed by atoms with Crippen molar-refractivity contribution in [3.05, 3.63) is 29.6 Å². The van der Waals surface area contributed by atoms with E-state index in [-0.39, 0.29) is 5.82 Å². The van der Waals surface area contributed by atoms with E-state index >= 15 is 0 Å². The molecule has 76 valence electrons. The van der Waals surface area contributed by atoms with E-state index in [0.717, 1.165) is 18.8 Å². The quantitative estimate of drug-likeness (QED) is 0.697. The van der Waals surface area contributed by atoms with E-state index in [4.69, 9.17) is 0 Å². The van der Waals surface area contributed by atoms with Crippen molar-refractivity contribution in [3.63, 3.8) is 0 Å². The number of hydrogen-bond donors (Lipinski definition) is 0. The molecule has 0 aromatic heterocycles. The van der Waals surface area contributed by atoms with Crippen LogP contribution in [-0.4, -0.2) is 13.1 Å². The Balaban J connectivity index is 2.37. The molecular formula is C12H16FN.